The first-order valence-electron chi connectivity index (χ1n) is 13.9. The highest BCUT2D eigenvalue weighted by Crippen LogP contribution is 2.64. The lowest BCUT2D eigenvalue weighted by atomic mass is 9.66. The molecule has 3 heterocycles. The second-order valence-electron chi connectivity index (χ2n) is 11.3. The number of hydrogen-bond donors (Lipinski definition) is 1. The first-order chi connectivity index (χ1) is 19.6. The van der Waals surface area contributed by atoms with Crippen LogP contribution in [0.15, 0.2) is 79.9 Å². The molecule has 2 aromatic rings. The average Bonchev–Trinajstić information content (AvgIpc) is 3.55. The van der Waals surface area contributed by atoms with Crippen molar-refractivity contribution in [3.63, 3.8) is 0 Å². The number of nitrogens with zero attached hydrogens (tertiary/aromatic N) is 3. The van der Waals surface area contributed by atoms with Crippen molar-refractivity contribution < 1.29 is 24.2 Å². The Balaban J connectivity index is 1.60. The summed E-state index contributed by atoms with van der Waals surface area (Å²) >= 11 is 6.11. The minimum atomic E-state index is -1.23. The van der Waals surface area contributed by atoms with Crippen LogP contribution in [0.1, 0.15) is 26.7 Å². The Morgan fingerprint density at radius 1 is 1.05 bits per heavy atom. The molecule has 2 unspecified atom stereocenters. The Morgan fingerprint density at radius 2 is 1.63 bits per heavy atom. The molecule has 0 aromatic heterocycles. The number of anilines is 2. The van der Waals surface area contributed by atoms with Gasteiger partial charge in [-0.15, -0.1) is 13.2 Å². The van der Waals surface area contributed by atoms with Crippen LogP contribution in [0.3, 0.4) is 0 Å². The number of fused-ring (bicyclic) bond motifs is 1. The van der Waals surface area contributed by atoms with Crippen molar-refractivity contribution >= 4 is 40.7 Å². The number of likely N-dealkylation sites (tertiary alicyclic amines) is 1. The van der Waals surface area contributed by atoms with Gasteiger partial charge in [0.05, 0.1) is 30.1 Å². The molecule has 0 aliphatic carbocycles. The zero-order valence-electron chi connectivity index (χ0n) is 23.4. The third kappa shape index (κ3) is 4.58. The predicted molar refractivity (Wildman–Crippen MR) is 159 cm³/mol. The lowest BCUT2D eigenvalue weighted by Gasteiger charge is -2.38. The summed E-state index contributed by atoms with van der Waals surface area (Å²) in [5.74, 6) is -2.66. The highest BCUT2D eigenvalue weighted by atomic mass is 35.5. The van der Waals surface area contributed by atoms with Crippen molar-refractivity contribution in [2.75, 3.05) is 29.5 Å². The number of para-hydroxylation sites is 1. The molecule has 1 spiro atoms. The Labute approximate surface area is 245 Å². The van der Waals surface area contributed by atoms with Gasteiger partial charge in [-0.3, -0.25) is 14.4 Å². The summed E-state index contributed by atoms with van der Waals surface area (Å²) in [5.41, 5.74) is -0.885. The van der Waals surface area contributed by atoms with E-state index < -0.39 is 35.1 Å². The van der Waals surface area contributed by atoms with E-state index in [2.05, 4.69) is 13.2 Å². The van der Waals surface area contributed by atoms with Crippen LogP contribution in [0, 0.1) is 11.8 Å². The standard InChI is InChI=1S/C32H36ClN3O5/c1-5-18-34(23-10-8-7-9-11-23)28(38)25-26-29(39)36(21(3)20-37)27(32(26)17-16-31(25,4)41-32)30(40)35(19-6-2)24-14-12-22(33)13-15-24/h5-15,21,25-27,37H,1-2,16-20H2,3-4H3/t21-,25-,26+,27?,31+,32?/m1/s1. The van der Waals surface area contributed by atoms with E-state index in [1.54, 1.807) is 53.1 Å². The quantitative estimate of drug-likeness (QED) is 0.427. The van der Waals surface area contributed by atoms with Crippen LogP contribution in [0.4, 0.5) is 11.4 Å². The Hall–Kier alpha value is -3.46. The average molecular weight is 578 g/mol. The van der Waals surface area contributed by atoms with Gasteiger partial charge in [-0.2, -0.15) is 0 Å². The summed E-state index contributed by atoms with van der Waals surface area (Å²) in [4.78, 5) is 47.9. The van der Waals surface area contributed by atoms with Gasteiger partial charge in [0, 0.05) is 29.5 Å². The van der Waals surface area contributed by atoms with Gasteiger partial charge in [-0.1, -0.05) is 42.0 Å². The maximum Gasteiger partial charge on any atom is 0.253 e. The molecular weight excluding hydrogens is 542 g/mol. The van der Waals surface area contributed by atoms with Gasteiger partial charge in [0.25, 0.3) is 5.91 Å². The summed E-state index contributed by atoms with van der Waals surface area (Å²) in [6.45, 7) is 11.3. The molecule has 3 amide bonds. The van der Waals surface area contributed by atoms with Crippen LogP contribution in [0.25, 0.3) is 0 Å². The molecule has 3 fully saturated rings. The molecule has 0 radical (unpaired) electrons. The molecule has 5 rings (SSSR count). The van der Waals surface area contributed by atoms with Crippen LogP contribution in [-0.2, 0) is 19.1 Å². The first-order valence-corrected chi connectivity index (χ1v) is 14.3. The summed E-state index contributed by atoms with van der Waals surface area (Å²) < 4.78 is 6.77. The molecule has 3 saturated heterocycles. The maximum absolute atomic E-state index is 14.5. The smallest absolute Gasteiger partial charge is 0.253 e. The van der Waals surface area contributed by atoms with E-state index in [-0.39, 0.29) is 37.4 Å². The molecule has 8 nitrogen and oxygen atoms in total. The molecule has 41 heavy (non-hydrogen) atoms. The SMILES string of the molecule is C=CCN(C(=O)C1N([C@H](C)CO)C(=O)[C@@H]2[C@H](C(=O)N(CC=C)c3ccccc3)[C@]3(C)CCC12O3)c1ccc(Cl)cc1. The van der Waals surface area contributed by atoms with Crippen molar-refractivity contribution in [1.29, 1.82) is 0 Å². The minimum absolute atomic E-state index is 0.188. The van der Waals surface area contributed by atoms with Crippen LogP contribution in [0.5, 0.6) is 0 Å². The van der Waals surface area contributed by atoms with Crippen LogP contribution >= 0.6 is 11.6 Å². The molecule has 6 atom stereocenters. The molecule has 2 aromatic carbocycles. The molecule has 9 heteroatoms. The molecule has 1 N–H and O–H groups in total. The van der Waals surface area contributed by atoms with Crippen molar-refractivity contribution in [3.8, 4) is 0 Å². The fourth-order valence-corrected chi connectivity index (χ4v) is 7.16. The largest absolute Gasteiger partial charge is 0.394 e. The van der Waals surface area contributed by atoms with E-state index in [1.807, 2.05) is 37.3 Å². The van der Waals surface area contributed by atoms with Gasteiger partial charge in [0.1, 0.15) is 11.6 Å². The number of carbonyl (C=O) groups excluding carboxylic acids is 3. The Morgan fingerprint density at radius 3 is 2.22 bits per heavy atom. The van der Waals surface area contributed by atoms with E-state index in [0.29, 0.717) is 29.2 Å². The highest BCUT2D eigenvalue weighted by molar-refractivity contribution is 6.30. The summed E-state index contributed by atoms with van der Waals surface area (Å²) in [7, 11) is 0. The van der Waals surface area contributed by atoms with Crippen molar-refractivity contribution in [1.82, 2.24) is 4.90 Å². The minimum Gasteiger partial charge on any atom is -0.394 e. The predicted octanol–water partition coefficient (Wildman–Crippen LogP) is 4.22. The van der Waals surface area contributed by atoms with Gasteiger partial charge < -0.3 is 24.5 Å². The first kappa shape index (κ1) is 29.0. The van der Waals surface area contributed by atoms with Gasteiger partial charge in [-0.25, -0.2) is 0 Å². The molecule has 216 valence electrons. The number of hydrogen-bond acceptors (Lipinski definition) is 5. The third-order valence-electron chi connectivity index (χ3n) is 8.82. The number of halogens is 1. The molecule has 3 aliphatic heterocycles. The Bertz CT molecular complexity index is 1350. The number of benzene rings is 2. The number of rotatable bonds is 10. The van der Waals surface area contributed by atoms with Crippen molar-refractivity contribution in [3.05, 3.63) is 84.9 Å². The molecule has 2 bridgehead atoms. The lowest BCUT2D eigenvalue weighted by Crippen LogP contribution is -2.58. The van der Waals surface area contributed by atoms with Crippen molar-refractivity contribution in [2.45, 2.75) is 50.0 Å². The second kappa shape index (κ2) is 11.1. The Kier molecular flexibility index (Phi) is 7.85. The third-order valence-corrected chi connectivity index (χ3v) is 9.07. The van der Waals surface area contributed by atoms with E-state index in [4.69, 9.17) is 16.3 Å². The topological polar surface area (TPSA) is 90.4 Å². The van der Waals surface area contributed by atoms with E-state index >= 15 is 0 Å². The maximum atomic E-state index is 14.5. The monoisotopic (exact) mass is 577 g/mol. The van der Waals surface area contributed by atoms with E-state index in [0.717, 1.165) is 0 Å². The summed E-state index contributed by atoms with van der Waals surface area (Å²) in [6, 6.07) is 14.4. The number of aliphatic hydroxyl groups is 1. The number of ether oxygens (including phenoxy) is 1. The molecule has 3 aliphatic rings. The summed E-state index contributed by atoms with van der Waals surface area (Å²) in [5, 5.41) is 10.7. The number of carbonyl (C=O) groups is 3. The van der Waals surface area contributed by atoms with Crippen LogP contribution in [-0.4, -0.2) is 70.7 Å². The molecular formula is C32H36ClN3O5. The van der Waals surface area contributed by atoms with Gasteiger partial charge >= 0.3 is 0 Å². The number of amides is 3. The van der Waals surface area contributed by atoms with Gasteiger partial charge in [-0.05, 0) is 63.1 Å². The fourth-order valence-electron chi connectivity index (χ4n) is 7.03. The van der Waals surface area contributed by atoms with Gasteiger partial charge in [0.15, 0.2) is 0 Å². The zero-order valence-corrected chi connectivity index (χ0v) is 24.2. The molecule has 0 saturated carbocycles. The normalized spacial score (nSPS) is 28.7. The second-order valence-corrected chi connectivity index (χ2v) is 11.7. The van der Waals surface area contributed by atoms with E-state index in [1.165, 1.54) is 4.90 Å². The van der Waals surface area contributed by atoms with Crippen molar-refractivity contribution in [2.24, 2.45) is 11.8 Å². The lowest BCUT2D eigenvalue weighted by molar-refractivity contribution is -0.147. The zero-order chi connectivity index (χ0) is 29.5. The van der Waals surface area contributed by atoms with Crippen LogP contribution < -0.4 is 9.80 Å². The summed E-state index contributed by atoms with van der Waals surface area (Å²) in [6.07, 6.45) is 4.21. The van der Waals surface area contributed by atoms with E-state index in [9.17, 15) is 19.5 Å². The van der Waals surface area contributed by atoms with Crippen LogP contribution in [0.2, 0.25) is 5.02 Å². The van der Waals surface area contributed by atoms with Gasteiger partial charge in [0.2, 0.25) is 11.8 Å². The number of aliphatic hydroxyl groups excluding tert-OH is 1. The highest BCUT2D eigenvalue weighted by Gasteiger charge is 2.78. The fraction of sp³-hybridized carbons (Fsp3) is 0.406.